The van der Waals surface area contributed by atoms with Gasteiger partial charge in [-0.15, -0.1) is 11.3 Å². The summed E-state index contributed by atoms with van der Waals surface area (Å²) in [5.41, 5.74) is -0.482. The molecule has 5 heteroatoms. The molecule has 0 aliphatic carbocycles. The third-order valence-electron chi connectivity index (χ3n) is 1.90. The van der Waals surface area contributed by atoms with Crippen LogP contribution in [-0.4, -0.2) is 16.8 Å². The summed E-state index contributed by atoms with van der Waals surface area (Å²) < 4.78 is 5.12. The average molecular weight is 257 g/mol. The first kappa shape index (κ1) is 14.0. The number of aliphatic hydroxyl groups excluding tert-OH is 1. The van der Waals surface area contributed by atoms with Gasteiger partial charge < -0.3 is 15.2 Å². The fraction of sp³-hybridized carbons (Fsp3) is 0.583. The van der Waals surface area contributed by atoms with Crippen LogP contribution in [0.5, 0.6) is 0 Å². The van der Waals surface area contributed by atoms with Crippen molar-refractivity contribution in [2.45, 2.75) is 45.9 Å². The average Bonchev–Trinajstić information content (AvgIpc) is 2.60. The van der Waals surface area contributed by atoms with Crippen LogP contribution >= 0.6 is 11.3 Å². The van der Waals surface area contributed by atoms with E-state index in [0.29, 0.717) is 6.54 Å². The molecule has 1 heterocycles. The molecule has 2 N–H and O–H groups in total. The van der Waals surface area contributed by atoms with Crippen molar-refractivity contribution in [1.82, 2.24) is 5.32 Å². The van der Waals surface area contributed by atoms with Crippen LogP contribution in [0.1, 0.15) is 43.6 Å². The third-order valence-corrected chi connectivity index (χ3v) is 3.16. The fourth-order valence-corrected chi connectivity index (χ4v) is 2.08. The molecule has 0 aliphatic heterocycles. The van der Waals surface area contributed by atoms with Crippen molar-refractivity contribution in [2.24, 2.45) is 0 Å². The van der Waals surface area contributed by atoms with Gasteiger partial charge in [0.1, 0.15) is 5.60 Å². The summed E-state index contributed by atoms with van der Waals surface area (Å²) in [6.45, 7) is 7.61. The lowest BCUT2D eigenvalue weighted by molar-refractivity contribution is 0.0524. The number of hydrogen-bond acceptors (Lipinski definition) is 4. The highest BCUT2D eigenvalue weighted by Gasteiger charge is 2.16. The van der Waals surface area contributed by atoms with Crippen LogP contribution in [0.25, 0.3) is 0 Å². The molecule has 1 rings (SSSR count). The lowest BCUT2D eigenvalue weighted by atomic mass is 10.2. The number of hydrogen-bond donors (Lipinski definition) is 2. The van der Waals surface area contributed by atoms with Gasteiger partial charge in [0.25, 0.3) is 0 Å². The number of rotatable bonds is 3. The molecule has 1 amide bonds. The quantitative estimate of drug-likeness (QED) is 0.875. The summed E-state index contributed by atoms with van der Waals surface area (Å²) in [5, 5.41) is 12.0. The molecule has 4 nitrogen and oxygen atoms in total. The number of thiophene rings is 1. The first-order valence-corrected chi connectivity index (χ1v) is 6.33. The maximum atomic E-state index is 11.4. The number of carbonyl (C=O) groups is 1. The predicted molar refractivity (Wildman–Crippen MR) is 68.0 cm³/mol. The summed E-state index contributed by atoms with van der Waals surface area (Å²) in [6.07, 6.45) is -0.889. The lowest BCUT2D eigenvalue weighted by Crippen LogP contribution is -2.31. The molecule has 0 saturated carbocycles. The molecule has 0 bridgehead atoms. The summed E-state index contributed by atoms with van der Waals surface area (Å²) in [5.74, 6) is 0. The van der Waals surface area contributed by atoms with Gasteiger partial charge in [0.05, 0.1) is 12.6 Å². The number of ether oxygens (including phenoxy) is 1. The monoisotopic (exact) mass is 257 g/mol. The van der Waals surface area contributed by atoms with Gasteiger partial charge >= 0.3 is 6.09 Å². The molecule has 0 fully saturated rings. The maximum absolute atomic E-state index is 11.4. The van der Waals surface area contributed by atoms with E-state index in [-0.39, 0.29) is 0 Å². The molecular formula is C12H19NO3S. The van der Waals surface area contributed by atoms with Crippen LogP contribution in [0.4, 0.5) is 4.79 Å². The van der Waals surface area contributed by atoms with Crippen molar-refractivity contribution in [3.63, 3.8) is 0 Å². The SMILES string of the molecule is CC(O)c1ccc(CNC(=O)OC(C)(C)C)s1. The number of amides is 1. The zero-order valence-electron chi connectivity index (χ0n) is 10.6. The smallest absolute Gasteiger partial charge is 0.407 e. The highest BCUT2D eigenvalue weighted by Crippen LogP contribution is 2.22. The highest BCUT2D eigenvalue weighted by atomic mass is 32.1. The maximum Gasteiger partial charge on any atom is 0.407 e. The zero-order valence-corrected chi connectivity index (χ0v) is 11.4. The Kier molecular flexibility index (Phi) is 4.54. The Bertz CT molecular complexity index is 379. The van der Waals surface area contributed by atoms with E-state index in [4.69, 9.17) is 4.74 Å². The van der Waals surface area contributed by atoms with E-state index in [9.17, 15) is 9.90 Å². The zero-order chi connectivity index (χ0) is 13.1. The second kappa shape index (κ2) is 5.51. The van der Waals surface area contributed by atoms with Crippen molar-refractivity contribution >= 4 is 17.4 Å². The molecule has 0 aliphatic rings. The molecular weight excluding hydrogens is 238 g/mol. The summed E-state index contributed by atoms with van der Waals surface area (Å²) in [6, 6.07) is 3.76. The van der Waals surface area contributed by atoms with E-state index in [2.05, 4.69) is 5.32 Å². The molecule has 1 aromatic rings. The van der Waals surface area contributed by atoms with Gasteiger partial charge in [-0.25, -0.2) is 4.79 Å². The van der Waals surface area contributed by atoms with Gasteiger partial charge in [-0.3, -0.25) is 0 Å². The Hall–Kier alpha value is -1.07. The van der Waals surface area contributed by atoms with E-state index in [1.54, 1.807) is 6.92 Å². The van der Waals surface area contributed by atoms with E-state index >= 15 is 0 Å². The minimum absolute atomic E-state index is 0.423. The van der Waals surface area contributed by atoms with E-state index in [1.165, 1.54) is 11.3 Å². The Morgan fingerprint density at radius 3 is 2.65 bits per heavy atom. The molecule has 0 saturated heterocycles. The number of alkyl carbamates (subject to hydrolysis) is 1. The van der Waals surface area contributed by atoms with Crippen LogP contribution in [0.2, 0.25) is 0 Å². The normalized spacial score (nSPS) is 13.2. The van der Waals surface area contributed by atoms with Gasteiger partial charge in [-0.1, -0.05) is 0 Å². The van der Waals surface area contributed by atoms with Crippen molar-refractivity contribution in [3.8, 4) is 0 Å². The predicted octanol–water partition coefficient (Wildman–Crippen LogP) is 2.83. The molecule has 1 unspecified atom stereocenters. The van der Waals surface area contributed by atoms with Crippen LogP contribution in [0.15, 0.2) is 12.1 Å². The standard InChI is InChI=1S/C12H19NO3S/c1-8(14)10-6-5-9(17-10)7-13-11(15)16-12(2,3)4/h5-6,8,14H,7H2,1-4H3,(H,13,15). The minimum Gasteiger partial charge on any atom is -0.444 e. The Morgan fingerprint density at radius 2 is 2.18 bits per heavy atom. The minimum atomic E-state index is -0.482. The Morgan fingerprint density at radius 1 is 1.53 bits per heavy atom. The topological polar surface area (TPSA) is 58.6 Å². The van der Waals surface area contributed by atoms with Crippen molar-refractivity contribution in [1.29, 1.82) is 0 Å². The number of nitrogens with one attached hydrogen (secondary N) is 1. The van der Waals surface area contributed by atoms with Crippen molar-refractivity contribution < 1.29 is 14.6 Å². The van der Waals surface area contributed by atoms with Gasteiger partial charge in [0.2, 0.25) is 0 Å². The third kappa shape index (κ3) is 5.19. The molecule has 17 heavy (non-hydrogen) atoms. The summed E-state index contributed by atoms with van der Waals surface area (Å²) in [4.78, 5) is 13.3. The Labute approximate surface area is 106 Å². The molecule has 0 aromatic carbocycles. The molecule has 0 spiro atoms. The first-order valence-electron chi connectivity index (χ1n) is 5.51. The largest absolute Gasteiger partial charge is 0.444 e. The van der Waals surface area contributed by atoms with Crippen molar-refractivity contribution in [3.05, 3.63) is 21.9 Å². The Balaban J connectivity index is 2.42. The summed E-state index contributed by atoms with van der Waals surface area (Å²) in [7, 11) is 0. The fourth-order valence-electron chi connectivity index (χ4n) is 1.19. The van der Waals surface area contributed by atoms with Crippen molar-refractivity contribution in [2.75, 3.05) is 0 Å². The van der Waals surface area contributed by atoms with Crippen LogP contribution in [0, 0.1) is 0 Å². The number of aliphatic hydroxyl groups is 1. The molecule has 1 atom stereocenters. The first-order chi connectivity index (χ1) is 7.78. The van der Waals surface area contributed by atoms with Gasteiger partial charge in [-0.05, 0) is 39.8 Å². The van der Waals surface area contributed by atoms with E-state index < -0.39 is 17.8 Å². The second-order valence-corrected chi connectivity index (χ2v) is 6.04. The molecule has 1 aromatic heterocycles. The molecule has 96 valence electrons. The van der Waals surface area contributed by atoms with E-state index in [0.717, 1.165) is 9.75 Å². The summed E-state index contributed by atoms with van der Waals surface area (Å²) >= 11 is 1.48. The van der Waals surface area contributed by atoms with Gasteiger partial charge in [0, 0.05) is 9.75 Å². The van der Waals surface area contributed by atoms with Crippen LogP contribution in [0.3, 0.4) is 0 Å². The van der Waals surface area contributed by atoms with Crippen LogP contribution in [-0.2, 0) is 11.3 Å². The van der Waals surface area contributed by atoms with E-state index in [1.807, 2.05) is 32.9 Å². The van der Waals surface area contributed by atoms with Gasteiger partial charge in [0.15, 0.2) is 0 Å². The second-order valence-electron chi connectivity index (χ2n) is 4.84. The molecule has 0 radical (unpaired) electrons. The van der Waals surface area contributed by atoms with Gasteiger partial charge in [-0.2, -0.15) is 0 Å². The lowest BCUT2D eigenvalue weighted by Gasteiger charge is -2.19. The number of carbonyl (C=O) groups excluding carboxylic acids is 1. The highest BCUT2D eigenvalue weighted by molar-refractivity contribution is 7.12. The van der Waals surface area contributed by atoms with Crippen LogP contribution < -0.4 is 5.32 Å².